The van der Waals surface area contributed by atoms with Gasteiger partial charge in [0.05, 0.1) is 12.2 Å². The Hall–Kier alpha value is -3.66. The molecular formula is C19H18N4O3. The van der Waals surface area contributed by atoms with E-state index < -0.39 is 11.9 Å². The fraction of sp³-hybridized carbons (Fsp3) is 0.158. The number of aromatic nitrogens is 1. The molecule has 0 radical (unpaired) electrons. The standard InChI is InChI=1S/C19H18N4O3/c1-2-26-19(25)15-3-5-17(6-4-15)23-18(24)16(11-20)13-22-12-14-7-9-21-10-8-14/h3-10,13,22H,2,12H2,1H3,(H,23,24)/b16-13-. The van der Waals surface area contributed by atoms with Gasteiger partial charge in [-0.3, -0.25) is 9.78 Å². The lowest BCUT2D eigenvalue weighted by Crippen LogP contribution is -2.16. The lowest BCUT2D eigenvalue weighted by molar-refractivity contribution is -0.112. The molecule has 7 nitrogen and oxygen atoms in total. The molecule has 26 heavy (non-hydrogen) atoms. The van der Waals surface area contributed by atoms with Crippen molar-refractivity contribution in [3.05, 3.63) is 71.7 Å². The predicted octanol–water partition coefficient (Wildman–Crippen LogP) is 2.39. The van der Waals surface area contributed by atoms with Gasteiger partial charge in [0, 0.05) is 30.8 Å². The average molecular weight is 350 g/mol. The highest BCUT2D eigenvalue weighted by Crippen LogP contribution is 2.11. The van der Waals surface area contributed by atoms with Gasteiger partial charge in [0.25, 0.3) is 5.91 Å². The summed E-state index contributed by atoms with van der Waals surface area (Å²) in [5.74, 6) is -0.970. The lowest BCUT2D eigenvalue weighted by atomic mass is 10.2. The molecule has 0 aliphatic rings. The number of benzene rings is 1. The van der Waals surface area contributed by atoms with Gasteiger partial charge in [0.1, 0.15) is 11.6 Å². The van der Waals surface area contributed by atoms with Crippen molar-refractivity contribution in [2.45, 2.75) is 13.5 Å². The quantitative estimate of drug-likeness (QED) is 0.451. The zero-order chi connectivity index (χ0) is 18.8. The van der Waals surface area contributed by atoms with Crippen molar-refractivity contribution in [1.29, 1.82) is 5.26 Å². The molecule has 0 unspecified atom stereocenters. The molecule has 0 atom stereocenters. The number of nitriles is 1. The number of esters is 1. The van der Waals surface area contributed by atoms with E-state index in [1.165, 1.54) is 6.20 Å². The SMILES string of the molecule is CCOC(=O)c1ccc(NC(=O)/C(C#N)=C\NCc2ccncc2)cc1. The van der Waals surface area contributed by atoms with Crippen molar-refractivity contribution in [3.8, 4) is 6.07 Å². The summed E-state index contributed by atoms with van der Waals surface area (Å²) in [4.78, 5) is 27.7. The molecule has 2 N–H and O–H groups in total. The first-order chi connectivity index (χ1) is 12.6. The van der Waals surface area contributed by atoms with E-state index in [2.05, 4.69) is 15.6 Å². The number of carbonyl (C=O) groups excluding carboxylic acids is 2. The number of carbonyl (C=O) groups is 2. The van der Waals surface area contributed by atoms with Crippen LogP contribution in [0, 0.1) is 11.3 Å². The number of pyridine rings is 1. The van der Waals surface area contributed by atoms with E-state index in [1.54, 1.807) is 43.6 Å². The summed E-state index contributed by atoms with van der Waals surface area (Å²) in [6, 6.07) is 11.8. The van der Waals surface area contributed by atoms with E-state index >= 15 is 0 Å². The topological polar surface area (TPSA) is 104 Å². The van der Waals surface area contributed by atoms with Gasteiger partial charge in [-0.2, -0.15) is 5.26 Å². The maximum atomic E-state index is 12.2. The second kappa shape index (κ2) is 9.59. The molecule has 0 spiro atoms. The maximum Gasteiger partial charge on any atom is 0.338 e. The van der Waals surface area contributed by atoms with Gasteiger partial charge in [-0.15, -0.1) is 0 Å². The minimum absolute atomic E-state index is 0.0616. The van der Waals surface area contributed by atoms with Crippen LogP contribution in [0.2, 0.25) is 0 Å². The summed E-state index contributed by atoms with van der Waals surface area (Å²) >= 11 is 0. The Bertz CT molecular complexity index is 824. The number of nitrogens with zero attached hydrogens (tertiary/aromatic N) is 2. The van der Waals surface area contributed by atoms with Crippen molar-refractivity contribution < 1.29 is 14.3 Å². The molecule has 0 fully saturated rings. The molecule has 7 heteroatoms. The largest absolute Gasteiger partial charge is 0.462 e. The molecule has 1 aromatic carbocycles. The summed E-state index contributed by atoms with van der Waals surface area (Å²) < 4.78 is 4.89. The van der Waals surface area contributed by atoms with Gasteiger partial charge in [0.15, 0.2) is 0 Å². The summed E-state index contributed by atoms with van der Waals surface area (Å²) in [6.45, 7) is 2.49. The van der Waals surface area contributed by atoms with Crippen LogP contribution in [-0.4, -0.2) is 23.5 Å². The van der Waals surface area contributed by atoms with E-state index in [0.717, 1.165) is 5.56 Å². The van der Waals surface area contributed by atoms with Crippen LogP contribution in [0.4, 0.5) is 5.69 Å². The Morgan fingerprint density at radius 1 is 1.19 bits per heavy atom. The van der Waals surface area contributed by atoms with Crippen LogP contribution in [-0.2, 0) is 16.1 Å². The highest BCUT2D eigenvalue weighted by atomic mass is 16.5. The van der Waals surface area contributed by atoms with Crippen molar-refractivity contribution in [3.63, 3.8) is 0 Å². The molecule has 132 valence electrons. The molecule has 2 aromatic rings. The fourth-order valence-corrected chi connectivity index (χ4v) is 2.02. The minimum Gasteiger partial charge on any atom is -0.462 e. The molecule has 1 heterocycles. The molecule has 0 bridgehead atoms. The van der Waals surface area contributed by atoms with Crippen LogP contribution in [0.5, 0.6) is 0 Å². The Kier molecular flexibility index (Phi) is 6.89. The second-order valence-corrected chi connectivity index (χ2v) is 5.16. The second-order valence-electron chi connectivity index (χ2n) is 5.16. The zero-order valence-electron chi connectivity index (χ0n) is 14.2. The van der Waals surface area contributed by atoms with Crippen molar-refractivity contribution in [2.24, 2.45) is 0 Å². The Morgan fingerprint density at radius 2 is 1.88 bits per heavy atom. The maximum absolute atomic E-state index is 12.2. The minimum atomic E-state index is -0.543. The first kappa shape index (κ1) is 18.7. The zero-order valence-corrected chi connectivity index (χ0v) is 14.2. The fourth-order valence-electron chi connectivity index (χ4n) is 2.02. The van der Waals surface area contributed by atoms with Crippen LogP contribution in [0.15, 0.2) is 60.6 Å². The van der Waals surface area contributed by atoms with Gasteiger partial charge in [-0.05, 0) is 48.9 Å². The van der Waals surface area contributed by atoms with Crippen LogP contribution in [0.3, 0.4) is 0 Å². The molecule has 2 rings (SSSR count). The first-order valence-corrected chi connectivity index (χ1v) is 7.95. The molecule has 1 amide bonds. The van der Waals surface area contributed by atoms with Gasteiger partial charge < -0.3 is 15.4 Å². The van der Waals surface area contributed by atoms with E-state index in [4.69, 9.17) is 10.00 Å². The van der Waals surface area contributed by atoms with Crippen LogP contribution < -0.4 is 10.6 Å². The molecular weight excluding hydrogens is 332 g/mol. The highest BCUT2D eigenvalue weighted by molar-refractivity contribution is 6.06. The third kappa shape index (κ3) is 5.46. The van der Waals surface area contributed by atoms with Crippen LogP contribution in [0.25, 0.3) is 0 Å². The summed E-state index contributed by atoms with van der Waals surface area (Å²) in [5, 5.41) is 14.7. The van der Waals surface area contributed by atoms with Crippen LogP contribution in [0.1, 0.15) is 22.8 Å². The molecule has 0 saturated carbocycles. The van der Waals surface area contributed by atoms with E-state index in [9.17, 15) is 9.59 Å². The summed E-state index contributed by atoms with van der Waals surface area (Å²) in [6.07, 6.45) is 4.69. The third-order valence-electron chi connectivity index (χ3n) is 3.32. The number of amides is 1. The Labute approximate surface area is 151 Å². The van der Waals surface area contributed by atoms with Crippen molar-refractivity contribution >= 4 is 17.6 Å². The van der Waals surface area contributed by atoms with E-state index in [1.807, 2.05) is 18.2 Å². The smallest absolute Gasteiger partial charge is 0.338 e. The van der Waals surface area contributed by atoms with E-state index in [0.29, 0.717) is 24.4 Å². The average Bonchev–Trinajstić information content (AvgIpc) is 2.66. The summed E-state index contributed by atoms with van der Waals surface area (Å²) in [5.41, 5.74) is 1.77. The first-order valence-electron chi connectivity index (χ1n) is 7.95. The van der Waals surface area contributed by atoms with Gasteiger partial charge in [-0.1, -0.05) is 0 Å². The lowest BCUT2D eigenvalue weighted by Gasteiger charge is -2.06. The number of ether oxygens (including phenoxy) is 1. The normalized spacial score (nSPS) is 10.5. The van der Waals surface area contributed by atoms with Crippen LogP contribution >= 0.6 is 0 Å². The number of nitrogens with one attached hydrogen (secondary N) is 2. The summed E-state index contributed by atoms with van der Waals surface area (Å²) in [7, 11) is 0. The molecule has 0 aliphatic carbocycles. The van der Waals surface area contributed by atoms with E-state index in [-0.39, 0.29) is 5.57 Å². The number of anilines is 1. The van der Waals surface area contributed by atoms with Gasteiger partial charge >= 0.3 is 5.97 Å². The number of hydrogen-bond donors (Lipinski definition) is 2. The molecule has 0 saturated heterocycles. The van der Waals surface area contributed by atoms with Crippen molar-refractivity contribution in [1.82, 2.24) is 10.3 Å². The van der Waals surface area contributed by atoms with Crippen molar-refractivity contribution in [2.75, 3.05) is 11.9 Å². The number of hydrogen-bond acceptors (Lipinski definition) is 6. The van der Waals surface area contributed by atoms with Gasteiger partial charge in [-0.25, -0.2) is 4.79 Å². The monoisotopic (exact) mass is 350 g/mol. The van der Waals surface area contributed by atoms with Gasteiger partial charge in [0.2, 0.25) is 0 Å². The highest BCUT2D eigenvalue weighted by Gasteiger charge is 2.10. The Balaban J connectivity index is 1.95. The molecule has 1 aromatic heterocycles. The third-order valence-corrected chi connectivity index (χ3v) is 3.32. The number of rotatable bonds is 7. The molecule has 0 aliphatic heterocycles. The Morgan fingerprint density at radius 3 is 2.50 bits per heavy atom. The predicted molar refractivity (Wildman–Crippen MR) is 95.8 cm³/mol.